The predicted molar refractivity (Wildman–Crippen MR) is 82.1 cm³/mol. The molecule has 0 heterocycles. The van der Waals surface area contributed by atoms with E-state index in [2.05, 4.69) is 32.7 Å². The van der Waals surface area contributed by atoms with Gasteiger partial charge in [0.25, 0.3) is 0 Å². The summed E-state index contributed by atoms with van der Waals surface area (Å²) in [7, 11) is 0. The molecule has 1 aromatic rings. The van der Waals surface area contributed by atoms with Crippen molar-refractivity contribution in [1.29, 1.82) is 0 Å². The SMILES string of the molecule is C=C(C)CCOCc1cc(CNC(C)(C)C)ccc1F. The molecule has 0 atom stereocenters. The van der Waals surface area contributed by atoms with Crippen molar-refractivity contribution in [3.63, 3.8) is 0 Å². The summed E-state index contributed by atoms with van der Waals surface area (Å²) >= 11 is 0. The summed E-state index contributed by atoms with van der Waals surface area (Å²) in [4.78, 5) is 0. The van der Waals surface area contributed by atoms with Gasteiger partial charge in [-0.1, -0.05) is 11.6 Å². The molecule has 0 saturated heterocycles. The molecule has 20 heavy (non-hydrogen) atoms. The molecule has 0 aliphatic heterocycles. The van der Waals surface area contributed by atoms with Crippen molar-refractivity contribution < 1.29 is 9.13 Å². The number of hydrogen-bond acceptors (Lipinski definition) is 2. The van der Waals surface area contributed by atoms with Gasteiger partial charge in [0.1, 0.15) is 5.82 Å². The van der Waals surface area contributed by atoms with Crippen LogP contribution < -0.4 is 5.32 Å². The van der Waals surface area contributed by atoms with Crippen molar-refractivity contribution in [3.05, 3.63) is 47.3 Å². The molecule has 0 amide bonds. The number of ether oxygens (including phenoxy) is 1. The summed E-state index contributed by atoms with van der Waals surface area (Å²) in [6.07, 6.45) is 0.812. The van der Waals surface area contributed by atoms with Gasteiger partial charge < -0.3 is 10.1 Å². The predicted octanol–water partition coefficient (Wildman–Crippen LogP) is 4.20. The fourth-order valence-electron chi connectivity index (χ4n) is 1.64. The Morgan fingerprint density at radius 1 is 1.35 bits per heavy atom. The highest BCUT2D eigenvalue weighted by molar-refractivity contribution is 5.24. The highest BCUT2D eigenvalue weighted by atomic mass is 19.1. The molecule has 0 saturated carbocycles. The van der Waals surface area contributed by atoms with E-state index in [1.165, 1.54) is 6.07 Å². The van der Waals surface area contributed by atoms with Gasteiger partial charge in [-0.3, -0.25) is 0 Å². The summed E-state index contributed by atoms with van der Waals surface area (Å²) in [6, 6.07) is 5.19. The lowest BCUT2D eigenvalue weighted by atomic mass is 10.1. The van der Waals surface area contributed by atoms with Crippen molar-refractivity contribution in [1.82, 2.24) is 5.32 Å². The molecule has 112 valence electrons. The van der Waals surface area contributed by atoms with Crippen molar-refractivity contribution in [2.45, 2.75) is 52.8 Å². The molecule has 0 aromatic heterocycles. The highest BCUT2D eigenvalue weighted by Gasteiger charge is 2.10. The second-order valence-electron chi connectivity index (χ2n) is 6.29. The fourth-order valence-corrected chi connectivity index (χ4v) is 1.64. The Labute approximate surface area is 122 Å². The maximum atomic E-state index is 13.7. The van der Waals surface area contributed by atoms with Gasteiger partial charge in [0.2, 0.25) is 0 Å². The molecule has 0 aliphatic rings. The van der Waals surface area contributed by atoms with Gasteiger partial charge in [-0.15, -0.1) is 6.58 Å². The quantitative estimate of drug-likeness (QED) is 0.596. The van der Waals surface area contributed by atoms with Gasteiger partial charge >= 0.3 is 0 Å². The summed E-state index contributed by atoms with van der Waals surface area (Å²) in [5.74, 6) is -0.208. The average molecular weight is 279 g/mol. The lowest BCUT2D eigenvalue weighted by Gasteiger charge is -2.20. The van der Waals surface area contributed by atoms with Crippen molar-refractivity contribution in [2.75, 3.05) is 6.61 Å². The highest BCUT2D eigenvalue weighted by Crippen LogP contribution is 2.13. The maximum Gasteiger partial charge on any atom is 0.128 e. The van der Waals surface area contributed by atoms with Crippen LogP contribution in [-0.4, -0.2) is 12.1 Å². The minimum Gasteiger partial charge on any atom is -0.376 e. The largest absolute Gasteiger partial charge is 0.376 e. The summed E-state index contributed by atoms with van der Waals surface area (Å²) in [5, 5.41) is 3.39. The molecule has 1 aromatic carbocycles. The third kappa shape index (κ3) is 6.83. The van der Waals surface area contributed by atoms with Crippen LogP contribution in [0.5, 0.6) is 0 Å². The Morgan fingerprint density at radius 3 is 2.65 bits per heavy atom. The molecule has 0 spiro atoms. The lowest BCUT2D eigenvalue weighted by molar-refractivity contribution is 0.121. The zero-order valence-corrected chi connectivity index (χ0v) is 13.1. The second kappa shape index (κ2) is 7.55. The molecule has 2 nitrogen and oxygen atoms in total. The van der Waals surface area contributed by atoms with Crippen LogP contribution in [0.25, 0.3) is 0 Å². The first-order valence-corrected chi connectivity index (χ1v) is 7.02. The molecule has 1 N–H and O–H groups in total. The van der Waals surface area contributed by atoms with E-state index in [0.717, 1.165) is 24.1 Å². The Hall–Kier alpha value is -1.19. The van der Waals surface area contributed by atoms with Crippen LogP contribution in [0.2, 0.25) is 0 Å². The third-order valence-corrected chi connectivity index (χ3v) is 2.86. The molecule has 0 aliphatic carbocycles. The van der Waals surface area contributed by atoms with E-state index in [4.69, 9.17) is 4.74 Å². The molecule has 0 radical (unpaired) electrons. The van der Waals surface area contributed by atoms with Crippen molar-refractivity contribution in [2.24, 2.45) is 0 Å². The number of rotatable bonds is 7. The zero-order chi connectivity index (χ0) is 15.2. The van der Waals surface area contributed by atoms with E-state index in [0.29, 0.717) is 18.8 Å². The van der Waals surface area contributed by atoms with E-state index in [9.17, 15) is 4.39 Å². The Bertz CT molecular complexity index is 449. The Kier molecular flexibility index (Phi) is 6.37. The van der Waals surface area contributed by atoms with Crippen LogP contribution in [-0.2, 0) is 17.9 Å². The lowest BCUT2D eigenvalue weighted by Crippen LogP contribution is -2.35. The van der Waals surface area contributed by atoms with Crippen LogP contribution in [0.4, 0.5) is 4.39 Å². The molecular weight excluding hydrogens is 253 g/mol. The topological polar surface area (TPSA) is 21.3 Å². The molecular formula is C17H26FNO. The van der Waals surface area contributed by atoms with Gasteiger partial charge in [-0.25, -0.2) is 4.39 Å². The summed E-state index contributed by atoms with van der Waals surface area (Å²) in [5.41, 5.74) is 2.81. The fraction of sp³-hybridized carbons (Fsp3) is 0.529. The number of halogens is 1. The Morgan fingerprint density at radius 2 is 2.05 bits per heavy atom. The number of benzene rings is 1. The molecule has 0 bridgehead atoms. The first-order chi connectivity index (χ1) is 9.28. The van der Waals surface area contributed by atoms with E-state index >= 15 is 0 Å². The van der Waals surface area contributed by atoms with E-state index in [1.54, 1.807) is 0 Å². The first kappa shape index (κ1) is 16.9. The normalized spacial score (nSPS) is 11.7. The monoisotopic (exact) mass is 279 g/mol. The van der Waals surface area contributed by atoms with E-state index in [1.807, 2.05) is 19.1 Å². The number of nitrogens with one attached hydrogen (secondary N) is 1. The second-order valence-corrected chi connectivity index (χ2v) is 6.29. The molecule has 0 fully saturated rings. The first-order valence-electron chi connectivity index (χ1n) is 7.02. The van der Waals surface area contributed by atoms with E-state index < -0.39 is 0 Å². The number of hydrogen-bond donors (Lipinski definition) is 1. The van der Waals surface area contributed by atoms with Gasteiger partial charge in [-0.2, -0.15) is 0 Å². The third-order valence-electron chi connectivity index (χ3n) is 2.86. The van der Waals surface area contributed by atoms with Gasteiger partial charge in [0.05, 0.1) is 13.2 Å². The minimum atomic E-state index is -0.208. The average Bonchev–Trinajstić information content (AvgIpc) is 2.33. The van der Waals surface area contributed by atoms with Crippen molar-refractivity contribution in [3.8, 4) is 0 Å². The van der Waals surface area contributed by atoms with Crippen LogP contribution >= 0.6 is 0 Å². The van der Waals surface area contributed by atoms with Crippen LogP contribution in [0.1, 0.15) is 45.2 Å². The van der Waals surface area contributed by atoms with Crippen LogP contribution in [0.3, 0.4) is 0 Å². The standard InChI is InChI=1S/C17H26FNO/c1-13(2)8-9-20-12-15-10-14(6-7-16(15)18)11-19-17(3,4)5/h6-7,10,19H,1,8-9,11-12H2,2-5H3. The molecule has 0 unspecified atom stereocenters. The summed E-state index contributed by atoms with van der Waals surface area (Å²) in [6.45, 7) is 13.7. The zero-order valence-electron chi connectivity index (χ0n) is 13.1. The maximum absolute atomic E-state index is 13.7. The summed E-state index contributed by atoms with van der Waals surface area (Å²) < 4.78 is 19.2. The molecule has 1 rings (SSSR count). The Balaban J connectivity index is 2.55. The van der Waals surface area contributed by atoms with Crippen molar-refractivity contribution >= 4 is 0 Å². The van der Waals surface area contributed by atoms with Gasteiger partial charge in [-0.05, 0) is 51.8 Å². The van der Waals surface area contributed by atoms with Crippen LogP contribution in [0.15, 0.2) is 30.4 Å². The van der Waals surface area contributed by atoms with E-state index in [-0.39, 0.29) is 11.4 Å². The van der Waals surface area contributed by atoms with Gasteiger partial charge in [0.15, 0.2) is 0 Å². The minimum absolute atomic E-state index is 0.0482. The molecule has 3 heteroatoms. The van der Waals surface area contributed by atoms with Gasteiger partial charge in [0, 0.05) is 17.6 Å². The van der Waals surface area contributed by atoms with Crippen LogP contribution in [0, 0.1) is 5.82 Å². The smallest absolute Gasteiger partial charge is 0.128 e.